The number of hydrogen-bond acceptors (Lipinski definition) is 4. The van der Waals surface area contributed by atoms with E-state index in [1.54, 1.807) is 24.5 Å². The summed E-state index contributed by atoms with van der Waals surface area (Å²) in [7, 11) is 0. The predicted molar refractivity (Wildman–Crippen MR) is 142 cm³/mol. The second-order valence-electron chi connectivity index (χ2n) is 12.1. The Morgan fingerprint density at radius 1 is 1.08 bits per heavy atom. The van der Waals surface area contributed by atoms with E-state index in [9.17, 15) is 14.0 Å². The first-order chi connectivity index (χ1) is 17.7. The molecule has 1 aromatic carbocycles. The second kappa shape index (κ2) is 10.2. The van der Waals surface area contributed by atoms with Crippen LogP contribution in [0.4, 0.5) is 10.1 Å². The van der Waals surface area contributed by atoms with E-state index >= 15 is 0 Å². The SMILES string of the molecule is CC1CC2CC(CC(C)(C(=O)Nc3ccncc3)C2)C1C(N)CNC(=O)C1(c2ccc(F)cc2)CCC1. The van der Waals surface area contributed by atoms with Crippen LogP contribution in [0.15, 0.2) is 48.8 Å². The Hall–Kier alpha value is -2.80. The molecule has 198 valence electrons. The zero-order chi connectivity index (χ0) is 26.2. The van der Waals surface area contributed by atoms with Crippen molar-refractivity contribution in [2.75, 3.05) is 11.9 Å². The molecule has 7 heteroatoms. The molecule has 37 heavy (non-hydrogen) atoms. The van der Waals surface area contributed by atoms with Crippen molar-refractivity contribution in [1.82, 2.24) is 10.3 Å². The Balaban J connectivity index is 1.24. The fourth-order valence-electron chi connectivity index (χ4n) is 7.65. The largest absolute Gasteiger partial charge is 0.354 e. The van der Waals surface area contributed by atoms with Crippen molar-refractivity contribution in [1.29, 1.82) is 0 Å². The molecule has 1 aromatic heterocycles. The number of aromatic nitrogens is 1. The lowest BCUT2D eigenvalue weighted by molar-refractivity contribution is -0.131. The average Bonchev–Trinajstić information content (AvgIpc) is 2.83. The maximum absolute atomic E-state index is 13.5. The molecule has 6 atom stereocenters. The van der Waals surface area contributed by atoms with Crippen LogP contribution in [-0.2, 0) is 15.0 Å². The quantitative estimate of drug-likeness (QED) is 0.502. The van der Waals surface area contributed by atoms with E-state index in [1.165, 1.54) is 12.1 Å². The number of benzene rings is 1. The van der Waals surface area contributed by atoms with Gasteiger partial charge in [0.2, 0.25) is 11.8 Å². The lowest BCUT2D eigenvalue weighted by Crippen LogP contribution is -2.56. The summed E-state index contributed by atoms with van der Waals surface area (Å²) in [6.07, 6.45) is 9.74. The van der Waals surface area contributed by atoms with Crippen molar-refractivity contribution in [3.05, 3.63) is 60.2 Å². The van der Waals surface area contributed by atoms with Gasteiger partial charge >= 0.3 is 0 Å². The van der Waals surface area contributed by atoms with Gasteiger partial charge in [-0.05, 0) is 92.0 Å². The average molecular weight is 507 g/mol. The number of rotatable bonds is 7. The minimum absolute atomic E-state index is 0.00708. The van der Waals surface area contributed by atoms with Gasteiger partial charge in [-0.15, -0.1) is 0 Å². The first-order valence-electron chi connectivity index (χ1n) is 13.7. The first kappa shape index (κ1) is 25.8. The second-order valence-corrected chi connectivity index (χ2v) is 12.1. The summed E-state index contributed by atoms with van der Waals surface area (Å²) < 4.78 is 13.5. The number of hydrogen-bond donors (Lipinski definition) is 3. The minimum Gasteiger partial charge on any atom is -0.354 e. The predicted octanol–water partition coefficient (Wildman–Crippen LogP) is 4.80. The molecule has 0 aliphatic heterocycles. The number of carbonyl (C=O) groups is 2. The Morgan fingerprint density at radius 2 is 1.78 bits per heavy atom. The fraction of sp³-hybridized carbons (Fsp3) is 0.567. The molecule has 3 aliphatic rings. The van der Waals surface area contributed by atoms with E-state index in [-0.39, 0.29) is 29.6 Å². The molecule has 1 heterocycles. The molecule has 2 bridgehead atoms. The van der Waals surface area contributed by atoms with Gasteiger partial charge in [0.15, 0.2) is 0 Å². The number of anilines is 1. The van der Waals surface area contributed by atoms with Crippen LogP contribution < -0.4 is 16.4 Å². The summed E-state index contributed by atoms with van der Waals surface area (Å²) in [6.45, 7) is 4.78. The molecule has 0 radical (unpaired) electrons. The Labute approximate surface area is 219 Å². The number of nitrogens with zero attached hydrogens (tertiary/aromatic N) is 1. The van der Waals surface area contributed by atoms with Crippen LogP contribution in [0.1, 0.15) is 64.4 Å². The van der Waals surface area contributed by atoms with Crippen LogP contribution >= 0.6 is 0 Å². The van der Waals surface area contributed by atoms with Crippen molar-refractivity contribution >= 4 is 17.5 Å². The van der Waals surface area contributed by atoms with Crippen molar-refractivity contribution in [3.63, 3.8) is 0 Å². The third kappa shape index (κ3) is 5.02. The number of fused-ring (bicyclic) bond motifs is 2. The summed E-state index contributed by atoms with van der Waals surface area (Å²) in [4.78, 5) is 30.8. The van der Waals surface area contributed by atoms with E-state index < -0.39 is 10.8 Å². The summed E-state index contributed by atoms with van der Waals surface area (Å²) in [6, 6.07) is 9.78. The van der Waals surface area contributed by atoms with Crippen molar-refractivity contribution < 1.29 is 14.0 Å². The molecule has 2 amide bonds. The topological polar surface area (TPSA) is 97.1 Å². The fourth-order valence-corrected chi connectivity index (χ4v) is 7.65. The van der Waals surface area contributed by atoms with Gasteiger partial charge in [-0.25, -0.2) is 4.39 Å². The molecule has 4 N–H and O–H groups in total. The summed E-state index contributed by atoms with van der Waals surface area (Å²) in [5.74, 6) is 1.31. The molecule has 3 fully saturated rings. The minimum atomic E-state index is -0.578. The zero-order valence-corrected chi connectivity index (χ0v) is 21.9. The molecule has 5 rings (SSSR count). The standard InChI is InChI=1S/C30H39FN4O2/c1-19-14-20-15-21(17-29(2,16-20)27(36)35-24-8-12-33-13-9-24)26(19)25(32)18-34-28(37)30(10-3-11-30)22-4-6-23(31)7-5-22/h4-9,12-13,19-21,25-26H,3,10-11,14-18,32H2,1-2H3,(H,34,37)(H,33,35,36). The van der Waals surface area contributed by atoms with Gasteiger partial charge in [-0.3, -0.25) is 14.6 Å². The van der Waals surface area contributed by atoms with E-state index in [0.717, 1.165) is 56.2 Å². The molecule has 6 unspecified atom stereocenters. The van der Waals surface area contributed by atoms with Crippen LogP contribution in [0.2, 0.25) is 0 Å². The monoisotopic (exact) mass is 506 g/mol. The molecule has 6 nitrogen and oxygen atoms in total. The molecule has 0 spiro atoms. The van der Waals surface area contributed by atoms with E-state index in [1.807, 2.05) is 12.1 Å². The van der Waals surface area contributed by atoms with Gasteiger partial charge in [0.05, 0.1) is 5.41 Å². The van der Waals surface area contributed by atoms with Crippen LogP contribution in [0.5, 0.6) is 0 Å². The number of amides is 2. The van der Waals surface area contributed by atoms with E-state index in [0.29, 0.717) is 24.3 Å². The molecule has 3 aliphatic carbocycles. The number of nitrogens with one attached hydrogen (secondary N) is 2. The highest BCUT2D eigenvalue weighted by Gasteiger charge is 2.50. The Bertz CT molecular complexity index is 1120. The van der Waals surface area contributed by atoms with Crippen molar-refractivity contribution in [2.24, 2.45) is 34.8 Å². The normalized spacial score (nSPS) is 31.0. The van der Waals surface area contributed by atoms with Gasteiger partial charge in [0.25, 0.3) is 0 Å². The van der Waals surface area contributed by atoms with E-state index in [4.69, 9.17) is 5.73 Å². The molecular weight excluding hydrogens is 467 g/mol. The Kier molecular flexibility index (Phi) is 7.10. The number of halogens is 1. The third-order valence-electron chi connectivity index (χ3n) is 9.51. The van der Waals surface area contributed by atoms with Gasteiger partial charge in [0, 0.05) is 36.1 Å². The van der Waals surface area contributed by atoms with Crippen LogP contribution in [0, 0.1) is 34.9 Å². The smallest absolute Gasteiger partial charge is 0.230 e. The lowest BCUT2D eigenvalue weighted by atomic mass is 9.54. The number of nitrogens with two attached hydrogens (primary N) is 1. The third-order valence-corrected chi connectivity index (χ3v) is 9.51. The first-order valence-corrected chi connectivity index (χ1v) is 13.7. The molecule has 0 saturated heterocycles. The van der Waals surface area contributed by atoms with Crippen LogP contribution in [0.25, 0.3) is 0 Å². The van der Waals surface area contributed by atoms with E-state index in [2.05, 4.69) is 29.5 Å². The van der Waals surface area contributed by atoms with Gasteiger partial charge in [-0.1, -0.05) is 32.4 Å². The van der Waals surface area contributed by atoms with Crippen molar-refractivity contribution in [2.45, 2.75) is 70.3 Å². The molecule has 2 aromatic rings. The summed E-state index contributed by atoms with van der Waals surface area (Å²) in [5, 5.41) is 6.26. The van der Waals surface area contributed by atoms with Crippen LogP contribution in [0.3, 0.4) is 0 Å². The van der Waals surface area contributed by atoms with Crippen LogP contribution in [-0.4, -0.2) is 29.4 Å². The lowest BCUT2D eigenvalue weighted by Gasteiger charge is -2.52. The summed E-state index contributed by atoms with van der Waals surface area (Å²) >= 11 is 0. The number of carbonyl (C=O) groups excluding carboxylic acids is 2. The van der Waals surface area contributed by atoms with Crippen molar-refractivity contribution in [3.8, 4) is 0 Å². The highest BCUT2D eigenvalue weighted by Crippen LogP contribution is 2.53. The molecular formula is C30H39FN4O2. The van der Waals surface area contributed by atoms with Gasteiger partial charge in [0.1, 0.15) is 5.82 Å². The maximum atomic E-state index is 13.5. The highest BCUT2D eigenvalue weighted by atomic mass is 19.1. The molecule has 3 saturated carbocycles. The zero-order valence-electron chi connectivity index (χ0n) is 21.9. The maximum Gasteiger partial charge on any atom is 0.230 e. The Morgan fingerprint density at radius 3 is 2.43 bits per heavy atom. The number of pyridine rings is 1. The highest BCUT2D eigenvalue weighted by molar-refractivity contribution is 5.95. The van der Waals surface area contributed by atoms with Gasteiger partial charge < -0.3 is 16.4 Å². The van der Waals surface area contributed by atoms with Gasteiger partial charge in [-0.2, -0.15) is 0 Å². The summed E-state index contributed by atoms with van der Waals surface area (Å²) in [5.41, 5.74) is 7.42.